The number of nitrogens with zero attached hydrogens (tertiary/aromatic N) is 2. The van der Waals surface area contributed by atoms with E-state index in [9.17, 15) is 4.79 Å². The number of nitrogens with one attached hydrogen (secondary N) is 1. The molecule has 34 heavy (non-hydrogen) atoms. The number of rotatable bonds is 3. The average molecular weight is 510 g/mol. The topological polar surface area (TPSA) is 44.7 Å². The number of halogens is 1. The van der Waals surface area contributed by atoms with Gasteiger partial charge in [0.2, 0.25) is 0 Å². The van der Waals surface area contributed by atoms with Gasteiger partial charge >= 0.3 is 0 Å². The summed E-state index contributed by atoms with van der Waals surface area (Å²) in [5, 5.41) is 10.2. The molecule has 0 saturated heterocycles. The van der Waals surface area contributed by atoms with Crippen molar-refractivity contribution in [2.24, 2.45) is 5.10 Å². The highest BCUT2D eigenvalue weighted by Crippen LogP contribution is 2.55. The summed E-state index contributed by atoms with van der Waals surface area (Å²) < 4.78 is 0. The number of hydrogen-bond donors (Lipinski definition) is 1. The number of para-hydroxylation sites is 2. The Hall–Kier alpha value is -3.70. The summed E-state index contributed by atoms with van der Waals surface area (Å²) in [5.41, 5.74) is 4.58. The number of alkyl halides is 1. The van der Waals surface area contributed by atoms with Gasteiger partial charge in [-0.05, 0) is 35.2 Å². The maximum absolute atomic E-state index is 14.0. The van der Waals surface area contributed by atoms with E-state index in [0.29, 0.717) is 0 Å². The maximum atomic E-state index is 14.0. The molecular formula is C29H24BrN3O. The van der Waals surface area contributed by atoms with Crippen LogP contribution in [0.1, 0.15) is 22.6 Å². The number of fused-ring (bicyclic) bond motifs is 2. The third kappa shape index (κ3) is 3.35. The molecule has 2 unspecified atom stereocenters. The summed E-state index contributed by atoms with van der Waals surface area (Å²) >= 11 is 2.94. The highest BCUT2D eigenvalue weighted by molar-refractivity contribution is 9.08. The van der Waals surface area contributed by atoms with Crippen LogP contribution in [0.3, 0.4) is 0 Å². The van der Waals surface area contributed by atoms with Crippen LogP contribution in [-0.2, 0) is 10.3 Å². The second-order valence-electron chi connectivity index (χ2n) is 8.11. The highest BCUT2D eigenvalue weighted by atomic mass is 79.9. The fraction of sp³-hybridized carbons (Fsp3) is 0.103. The van der Waals surface area contributed by atoms with E-state index in [1.807, 2.05) is 102 Å². The predicted molar refractivity (Wildman–Crippen MR) is 143 cm³/mol. The van der Waals surface area contributed by atoms with E-state index < -0.39 is 5.54 Å². The Balaban J connectivity index is 0.00000117. The van der Waals surface area contributed by atoms with Crippen LogP contribution >= 0.6 is 15.9 Å². The smallest absolute Gasteiger partial charge is 0.258 e. The van der Waals surface area contributed by atoms with Gasteiger partial charge in [0.1, 0.15) is 0 Å². The number of anilines is 2. The Kier molecular flexibility index (Phi) is 6.03. The van der Waals surface area contributed by atoms with Gasteiger partial charge in [0, 0.05) is 11.3 Å². The molecule has 4 aromatic rings. The molecule has 0 fully saturated rings. The minimum atomic E-state index is -1.02. The number of benzene rings is 4. The van der Waals surface area contributed by atoms with Crippen LogP contribution < -0.4 is 10.3 Å². The van der Waals surface area contributed by atoms with Crippen LogP contribution in [0.5, 0.6) is 0 Å². The van der Waals surface area contributed by atoms with Crippen molar-refractivity contribution in [3.8, 4) is 0 Å². The van der Waals surface area contributed by atoms with Crippen molar-refractivity contribution in [2.75, 3.05) is 16.2 Å². The van der Waals surface area contributed by atoms with Crippen LogP contribution in [0.25, 0.3) is 0 Å². The molecule has 0 bridgehead atoms. The molecular weight excluding hydrogens is 486 g/mol. The molecule has 0 aliphatic carbocycles. The molecule has 5 heteroatoms. The van der Waals surface area contributed by atoms with Crippen molar-refractivity contribution in [3.05, 3.63) is 132 Å². The van der Waals surface area contributed by atoms with E-state index in [2.05, 4.69) is 45.5 Å². The molecule has 4 nitrogen and oxygen atoms in total. The average Bonchev–Trinajstić information content (AvgIpc) is 3.43. The first-order chi connectivity index (χ1) is 16.8. The van der Waals surface area contributed by atoms with E-state index in [0.717, 1.165) is 33.8 Å². The van der Waals surface area contributed by atoms with Crippen molar-refractivity contribution in [2.45, 2.75) is 11.5 Å². The molecule has 2 aliphatic heterocycles. The molecule has 168 valence electrons. The number of amides is 1. The molecule has 0 radical (unpaired) electrons. The summed E-state index contributed by atoms with van der Waals surface area (Å²) in [4.78, 5) is 14.0. The van der Waals surface area contributed by atoms with Gasteiger partial charge in [0.25, 0.3) is 5.91 Å². The molecule has 1 amide bonds. The monoisotopic (exact) mass is 509 g/mol. The quantitative estimate of drug-likeness (QED) is 0.318. The Morgan fingerprint density at radius 1 is 0.765 bits per heavy atom. The van der Waals surface area contributed by atoms with E-state index in [-0.39, 0.29) is 11.8 Å². The third-order valence-corrected chi connectivity index (χ3v) is 6.37. The minimum absolute atomic E-state index is 0.0638. The van der Waals surface area contributed by atoms with Gasteiger partial charge < -0.3 is 5.32 Å². The first-order valence-corrected chi connectivity index (χ1v) is 12.7. The lowest BCUT2D eigenvalue weighted by atomic mass is 9.72. The fourth-order valence-electron chi connectivity index (χ4n) is 5.03. The summed E-state index contributed by atoms with van der Waals surface area (Å²) in [6.45, 7) is 0. The van der Waals surface area contributed by atoms with Crippen molar-refractivity contribution in [3.63, 3.8) is 0 Å². The van der Waals surface area contributed by atoms with Crippen LogP contribution in [0.4, 0.5) is 11.4 Å². The van der Waals surface area contributed by atoms with Crippen molar-refractivity contribution in [1.29, 1.82) is 0 Å². The SMILES string of the molecule is CBr.O=C1Nc2ccccc2C12C(c1ccccc1)C(c1ccccc1)=NN2c1ccccc1. The van der Waals surface area contributed by atoms with Crippen molar-refractivity contribution in [1.82, 2.24) is 0 Å². The Morgan fingerprint density at radius 3 is 2.00 bits per heavy atom. The normalized spacial score (nSPS) is 20.3. The first-order valence-electron chi connectivity index (χ1n) is 11.1. The van der Waals surface area contributed by atoms with Gasteiger partial charge in [-0.1, -0.05) is 113 Å². The second-order valence-corrected chi connectivity index (χ2v) is 8.11. The lowest BCUT2D eigenvalue weighted by Gasteiger charge is -2.37. The molecule has 0 saturated carbocycles. The fourth-order valence-corrected chi connectivity index (χ4v) is 5.03. The molecule has 1 N–H and O–H groups in total. The van der Waals surface area contributed by atoms with Gasteiger partial charge in [-0.25, -0.2) is 5.01 Å². The standard InChI is InChI=1S/C28H21N3O.CH3Br/c32-27-28(23-18-10-11-19-24(23)29-27)25(20-12-4-1-5-13-20)26(21-14-6-2-7-15-21)30-31(28)22-16-8-3-9-17-22;1-2/h1-19,25H,(H,29,32);1H3. The Morgan fingerprint density at radius 2 is 1.32 bits per heavy atom. The van der Waals surface area contributed by atoms with E-state index in [1.165, 1.54) is 0 Å². The zero-order chi connectivity index (χ0) is 23.5. The van der Waals surface area contributed by atoms with Crippen molar-refractivity contribution < 1.29 is 4.79 Å². The summed E-state index contributed by atoms with van der Waals surface area (Å²) in [6, 6.07) is 38.3. The molecule has 2 heterocycles. The maximum Gasteiger partial charge on any atom is 0.258 e. The molecule has 4 aromatic carbocycles. The van der Waals surface area contributed by atoms with Crippen LogP contribution in [-0.4, -0.2) is 17.5 Å². The van der Waals surface area contributed by atoms with Gasteiger partial charge in [0.15, 0.2) is 5.54 Å². The minimum Gasteiger partial charge on any atom is -0.323 e. The van der Waals surface area contributed by atoms with E-state index >= 15 is 0 Å². The Labute approximate surface area is 208 Å². The Bertz CT molecular complexity index is 1330. The van der Waals surface area contributed by atoms with Crippen LogP contribution in [0.2, 0.25) is 0 Å². The molecule has 2 atom stereocenters. The third-order valence-electron chi connectivity index (χ3n) is 6.37. The second kappa shape index (κ2) is 9.27. The van der Waals surface area contributed by atoms with Crippen LogP contribution in [0.15, 0.2) is 120 Å². The highest BCUT2D eigenvalue weighted by Gasteiger charge is 2.62. The summed E-state index contributed by atoms with van der Waals surface area (Å²) in [7, 11) is 0. The van der Waals surface area contributed by atoms with Gasteiger partial charge in [-0.3, -0.25) is 4.79 Å². The number of hydrazone groups is 1. The van der Waals surface area contributed by atoms with Gasteiger partial charge in [-0.2, -0.15) is 5.10 Å². The number of hydrogen-bond acceptors (Lipinski definition) is 3. The van der Waals surface area contributed by atoms with Crippen LogP contribution in [0, 0.1) is 0 Å². The zero-order valence-corrected chi connectivity index (χ0v) is 20.3. The number of carbonyl (C=O) groups excluding carboxylic acids is 1. The predicted octanol–water partition coefficient (Wildman–Crippen LogP) is 6.55. The van der Waals surface area contributed by atoms with E-state index in [1.54, 1.807) is 0 Å². The van der Waals surface area contributed by atoms with E-state index in [4.69, 9.17) is 5.10 Å². The first kappa shape index (κ1) is 22.1. The molecule has 0 aromatic heterocycles. The lowest BCUT2D eigenvalue weighted by molar-refractivity contribution is -0.120. The van der Waals surface area contributed by atoms with Gasteiger partial charge in [0.05, 0.1) is 17.3 Å². The zero-order valence-electron chi connectivity index (χ0n) is 18.7. The lowest BCUT2D eigenvalue weighted by Crippen LogP contribution is -2.50. The molecule has 1 spiro atoms. The molecule has 2 aliphatic rings. The molecule has 6 rings (SSSR count). The summed E-state index contributed by atoms with van der Waals surface area (Å²) in [6.07, 6.45) is 0. The van der Waals surface area contributed by atoms with Crippen molar-refractivity contribution >= 4 is 38.9 Å². The largest absolute Gasteiger partial charge is 0.323 e. The number of carbonyl (C=O) groups is 1. The van der Waals surface area contributed by atoms with Gasteiger partial charge in [-0.15, -0.1) is 0 Å². The summed E-state index contributed by atoms with van der Waals surface area (Å²) in [5.74, 6) is 1.47.